The zero-order valence-corrected chi connectivity index (χ0v) is 10.3. The molecule has 0 aliphatic carbocycles. The number of benzene rings is 1. The number of hydrogen-bond acceptors (Lipinski definition) is 2. The summed E-state index contributed by atoms with van der Waals surface area (Å²) in [6.45, 7) is 3.96. The van der Waals surface area contributed by atoms with Crippen LogP contribution < -0.4 is 5.32 Å². The second-order valence-electron chi connectivity index (χ2n) is 3.37. The highest BCUT2D eigenvalue weighted by atomic mass is 79.9. The van der Waals surface area contributed by atoms with E-state index in [1.165, 1.54) is 5.56 Å². The average molecular weight is 272 g/mol. The Morgan fingerprint density at radius 2 is 2.21 bits per heavy atom. The van der Waals surface area contributed by atoms with Crippen LogP contribution >= 0.6 is 27.7 Å². The normalized spacial score (nSPS) is 20.2. The SMILES string of the molecule is Cc1cc(Br)c2c(c1)SC(C)C(=O)N2. The first-order valence-electron chi connectivity index (χ1n) is 4.35. The minimum Gasteiger partial charge on any atom is -0.323 e. The molecule has 0 aromatic heterocycles. The number of fused-ring (bicyclic) bond motifs is 1. The summed E-state index contributed by atoms with van der Waals surface area (Å²) in [5.74, 6) is 0.0760. The number of halogens is 1. The summed E-state index contributed by atoms with van der Waals surface area (Å²) in [7, 11) is 0. The van der Waals surface area contributed by atoms with Crippen molar-refractivity contribution in [1.82, 2.24) is 0 Å². The lowest BCUT2D eigenvalue weighted by Gasteiger charge is -2.22. The highest BCUT2D eigenvalue weighted by Gasteiger charge is 2.24. The second-order valence-corrected chi connectivity index (χ2v) is 5.61. The second kappa shape index (κ2) is 3.59. The summed E-state index contributed by atoms with van der Waals surface area (Å²) in [5, 5.41) is 2.89. The number of aryl methyl sites for hydroxylation is 1. The minimum atomic E-state index is -0.00352. The largest absolute Gasteiger partial charge is 0.323 e. The summed E-state index contributed by atoms with van der Waals surface area (Å²) < 4.78 is 0.959. The average Bonchev–Trinajstić information content (AvgIpc) is 2.08. The van der Waals surface area contributed by atoms with Gasteiger partial charge in [0.05, 0.1) is 10.9 Å². The van der Waals surface area contributed by atoms with Gasteiger partial charge in [0, 0.05) is 9.37 Å². The van der Waals surface area contributed by atoms with E-state index < -0.39 is 0 Å². The number of carbonyl (C=O) groups is 1. The van der Waals surface area contributed by atoms with Crippen molar-refractivity contribution in [2.45, 2.75) is 24.0 Å². The number of amides is 1. The number of thioether (sulfide) groups is 1. The summed E-state index contributed by atoms with van der Waals surface area (Å²) in [6.07, 6.45) is 0. The fourth-order valence-corrected chi connectivity index (χ4v) is 3.28. The third kappa shape index (κ3) is 1.68. The Labute approximate surface area is 95.6 Å². The van der Waals surface area contributed by atoms with Crippen LogP contribution in [0.1, 0.15) is 12.5 Å². The van der Waals surface area contributed by atoms with Crippen LogP contribution in [-0.4, -0.2) is 11.2 Å². The van der Waals surface area contributed by atoms with E-state index in [0.29, 0.717) is 0 Å². The van der Waals surface area contributed by atoms with Crippen LogP contribution in [0, 0.1) is 6.92 Å². The Hall–Kier alpha value is -0.480. The van der Waals surface area contributed by atoms with Gasteiger partial charge in [-0.05, 0) is 47.5 Å². The van der Waals surface area contributed by atoms with E-state index in [1.54, 1.807) is 11.8 Å². The van der Waals surface area contributed by atoms with Gasteiger partial charge < -0.3 is 5.32 Å². The van der Waals surface area contributed by atoms with E-state index in [9.17, 15) is 4.79 Å². The van der Waals surface area contributed by atoms with Gasteiger partial charge in [-0.2, -0.15) is 0 Å². The van der Waals surface area contributed by atoms with Gasteiger partial charge in [-0.25, -0.2) is 0 Å². The van der Waals surface area contributed by atoms with Gasteiger partial charge in [-0.3, -0.25) is 4.79 Å². The Morgan fingerprint density at radius 3 is 2.93 bits per heavy atom. The summed E-state index contributed by atoms with van der Waals surface area (Å²) in [4.78, 5) is 12.6. The van der Waals surface area contributed by atoms with Crippen molar-refractivity contribution >= 4 is 39.3 Å². The molecule has 74 valence electrons. The van der Waals surface area contributed by atoms with E-state index in [0.717, 1.165) is 15.1 Å². The van der Waals surface area contributed by atoms with Crippen molar-refractivity contribution in [3.63, 3.8) is 0 Å². The highest BCUT2D eigenvalue weighted by Crippen LogP contribution is 2.40. The summed E-state index contributed by atoms with van der Waals surface area (Å²) in [6, 6.07) is 4.11. The molecule has 2 nitrogen and oxygen atoms in total. The van der Waals surface area contributed by atoms with Crippen molar-refractivity contribution in [2.75, 3.05) is 5.32 Å². The first-order valence-corrected chi connectivity index (χ1v) is 6.03. The quantitative estimate of drug-likeness (QED) is 0.785. The van der Waals surface area contributed by atoms with Gasteiger partial charge in [0.1, 0.15) is 0 Å². The first-order chi connectivity index (χ1) is 6.58. The van der Waals surface area contributed by atoms with E-state index in [-0.39, 0.29) is 11.2 Å². The van der Waals surface area contributed by atoms with E-state index in [2.05, 4.69) is 27.3 Å². The van der Waals surface area contributed by atoms with Crippen LogP contribution in [0.5, 0.6) is 0 Å². The van der Waals surface area contributed by atoms with Crippen LogP contribution in [0.4, 0.5) is 5.69 Å². The third-order valence-electron chi connectivity index (χ3n) is 2.12. The summed E-state index contributed by atoms with van der Waals surface area (Å²) in [5.41, 5.74) is 2.11. The molecule has 1 atom stereocenters. The van der Waals surface area contributed by atoms with Crippen molar-refractivity contribution in [3.8, 4) is 0 Å². The third-order valence-corrected chi connectivity index (χ3v) is 3.89. The molecule has 0 radical (unpaired) electrons. The van der Waals surface area contributed by atoms with Crippen molar-refractivity contribution in [3.05, 3.63) is 22.2 Å². The highest BCUT2D eigenvalue weighted by molar-refractivity contribution is 9.10. The molecule has 0 spiro atoms. The maximum Gasteiger partial charge on any atom is 0.237 e. The molecular formula is C10H10BrNOS. The maximum absolute atomic E-state index is 11.4. The van der Waals surface area contributed by atoms with Crippen molar-refractivity contribution < 1.29 is 4.79 Å². The van der Waals surface area contributed by atoms with Gasteiger partial charge in [0.2, 0.25) is 5.91 Å². The standard InChI is InChI=1S/C10H10BrNOS/c1-5-3-7(11)9-8(4-5)14-6(2)10(13)12-9/h3-4,6H,1-2H3,(H,12,13). The fraction of sp³-hybridized carbons (Fsp3) is 0.300. The molecule has 14 heavy (non-hydrogen) atoms. The molecule has 0 bridgehead atoms. The fourth-order valence-electron chi connectivity index (χ4n) is 1.39. The van der Waals surface area contributed by atoms with E-state index >= 15 is 0 Å². The van der Waals surface area contributed by atoms with Crippen molar-refractivity contribution in [2.24, 2.45) is 0 Å². The molecule has 0 saturated carbocycles. The number of nitrogens with one attached hydrogen (secondary N) is 1. The lowest BCUT2D eigenvalue weighted by Crippen LogP contribution is -2.26. The number of carbonyl (C=O) groups excluding carboxylic acids is 1. The topological polar surface area (TPSA) is 29.1 Å². The van der Waals surface area contributed by atoms with Crippen molar-refractivity contribution in [1.29, 1.82) is 0 Å². The van der Waals surface area contributed by atoms with E-state index in [4.69, 9.17) is 0 Å². The van der Waals surface area contributed by atoms with Crippen LogP contribution in [0.15, 0.2) is 21.5 Å². The minimum absolute atomic E-state index is 0.00352. The molecule has 1 aliphatic heterocycles. The van der Waals surface area contributed by atoms with Gasteiger partial charge in [-0.1, -0.05) is 0 Å². The van der Waals surface area contributed by atoms with Crippen LogP contribution in [0.3, 0.4) is 0 Å². The predicted molar refractivity (Wildman–Crippen MR) is 62.8 cm³/mol. The molecule has 1 amide bonds. The Kier molecular flexibility index (Phi) is 2.58. The first kappa shape index (κ1) is 10.1. The lowest BCUT2D eigenvalue weighted by atomic mass is 10.2. The van der Waals surface area contributed by atoms with Crippen LogP contribution in [0.25, 0.3) is 0 Å². The summed E-state index contributed by atoms with van der Waals surface area (Å²) >= 11 is 5.06. The molecule has 1 unspecified atom stereocenters. The van der Waals surface area contributed by atoms with Gasteiger partial charge in [-0.15, -0.1) is 11.8 Å². The maximum atomic E-state index is 11.4. The monoisotopic (exact) mass is 271 g/mol. The zero-order chi connectivity index (χ0) is 10.3. The Morgan fingerprint density at radius 1 is 1.50 bits per heavy atom. The number of rotatable bonds is 0. The zero-order valence-electron chi connectivity index (χ0n) is 7.93. The smallest absolute Gasteiger partial charge is 0.237 e. The molecule has 0 fully saturated rings. The van der Waals surface area contributed by atoms with Gasteiger partial charge in [0.25, 0.3) is 0 Å². The van der Waals surface area contributed by atoms with E-state index in [1.807, 2.05) is 19.9 Å². The predicted octanol–water partition coefficient (Wildman–Crippen LogP) is 3.19. The van der Waals surface area contributed by atoms with Crippen LogP contribution in [0.2, 0.25) is 0 Å². The molecule has 1 aromatic carbocycles. The molecule has 0 saturated heterocycles. The molecule has 1 heterocycles. The molecule has 4 heteroatoms. The van der Waals surface area contributed by atoms with Crippen LogP contribution in [-0.2, 0) is 4.79 Å². The lowest BCUT2D eigenvalue weighted by molar-refractivity contribution is -0.115. The molecule has 2 rings (SSSR count). The number of hydrogen-bond donors (Lipinski definition) is 1. The molecule has 1 aromatic rings. The molecule has 1 aliphatic rings. The molecular weight excluding hydrogens is 262 g/mol. The molecule has 1 N–H and O–H groups in total. The van der Waals surface area contributed by atoms with Gasteiger partial charge in [0.15, 0.2) is 0 Å². The number of anilines is 1. The van der Waals surface area contributed by atoms with Gasteiger partial charge >= 0.3 is 0 Å². The Balaban J connectivity index is 2.51. The Bertz CT molecular complexity index is 405.